The Morgan fingerprint density at radius 3 is 1.82 bits per heavy atom. The maximum absolute atomic E-state index is 12.7. The van der Waals surface area contributed by atoms with E-state index in [4.69, 9.17) is 14.9 Å². The molecule has 0 saturated carbocycles. The van der Waals surface area contributed by atoms with Crippen molar-refractivity contribution in [1.29, 1.82) is 0 Å². The van der Waals surface area contributed by atoms with Gasteiger partial charge in [-0.1, -0.05) is 121 Å². The Balaban J connectivity index is 4.34. The van der Waals surface area contributed by atoms with Crippen molar-refractivity contribution in [2.75, 3.05) is 13.2 Å². The van der Waals surface area contributed by atoms with E-state index >= 15 is 0 Å². The molecule has 0 aliphatic carbocycles. The number of carbonyl (C=O) groups is 4. The molecule has 286 valence electrons. The van der Waals surface area contributed by atoms with Crippen LogP contribution in [0.3, 0.4) is 0 Å². The fourth-order valence-corrected chi connectivity index (χ4v) is 5.29. The van der Waals surface area contributed by atoms with Gasteiger partial charge in [0.25, 0.3) is 0 Å². The molecule has 0 fully saturated rings. The number of aliphatic hydroxyl groups is 1. The van der Waals surface area contributed by atoms with Crippen molar-refractivity contribution < 1.29 is 34.1 Å². The second-order valence-corrected chi connectivity index (χ2v) is 13.0. The van der Waals surface area contributed by atoms with Crippen LogP contribution in [0, 0.1) is 0 Å². The monoisotopic (exact) mass is 703 g/mol. The number of hydrogen-bond acceptors (Lipinski definition) is 6. The van der Waals surface area contributed by atoms with Crippen LogP contribution in [0.2, 0.25) is 0 Å². The summed E-state index contributed by atoms with van der Waals surface area (Å²) in [4.78, 5) is 47.4. The molecule has 9 nitrogen and oxygen atoms in total. The van der Waals surface area contributed by atoms with E-state index in [1.807, 2.05) is 6.08 Å². The smallest absolute Gasteiger partial charge is 0.328 e. The summed E-state index contributed by atoms with van der Waals surface area (Å²) in [5.74, 6) is -2.45. The van der Waals surface area contributed by atoms with Gasteiger partial charge in [0, 0.05) is 12.8 Å². The van der Waals surface area contributed by atoms with Crippen molar-refractivity contribution in [3.05, 3.63) is 48.6 Å². The van der Waals surface area contributed by atoms with Crippen LogP contribution in [0.1, 0.15) is 162 Å². The summed E-state index contributed by atoms with van der Waals surface area (Å²) in [5.41, 5.74) is 0. The highest BCUT2D eigenvalue weighted by molar-refractivity contribution is 5.87. The first-order chi connectivity index (χ1) is 24.3. The van der Waals surface area contributed by atoms with Gasteiger partial charge in [-0.05, 0) is 76.7 Å². The van der Waals surface area contributed by atoms with Gasteiger partial charge in [-0.3, -0.25) is 14.4 Å². The molecule has 2 atom stereocenters. The topological polar surface area (TPSA) is 142 Å². The number of esters is 1. The molecule has 0 aromatic heterocycles. The number of nitrogens with one attached hydrogen (secondary N) is 2. The molecule has 9 heteroatoms. The van der Waals surface area contributed by atoms with E-state index in [2.05, 4.69) is 67.0 Å². The molecular weight excluding hydrogens is 632 g/mol. The summed E-state index contributed by atoms with van der Waals surface area (Å²) in [6.07, 6.45) is 40.2. The van der Waals surface area contributed by atoms with Crippen LogP contribution < -0.4 is 10.6 Å². The second-order valence-electron chi connectivity index (χ2n) is 13.0. The zero-order valence-corrected chi connectivity index (χ0v) is 31.4. The minimum atomic E-state index is -1.39. The molecule has 0 rings (SSSR count). The summed E-state index contributed by atoms with van der Waals surface area (Å²) >= 11 is 0. The largest absolute Gasteiger partial charge is 0.480 e. The van der Waals surface area contributed by atoms with Crippen LogP contribution in [0.4, 0.5) is 0 Å². The van der Waals surface area contributed by atoms with Crippen molar-refractivity contribution in [2.24, 2.45) is 0 Å². The van der Waals surface area contributed by atoms with Crippen molar-refractivity contribution >= 4 is 23.8 Å². The zero-order chi connectivity index (χ0) is 36.9. The maximum atomic E-state index is 12.7. The van der Waals surface area contributed by atoms with Crippen LogP contribution in [0.5, 0.6) is 0 Å². The average molecular weight is 703 g/mol. The third-order valence-corrected chi connectivity index (χ3v) is 8.29. The number of carboxylic acid groups (broad SMARTS) is 1. The van der Waals surface area contributed by atoms with Crippen molar-refractivity contribution in [3.63, 3.8) is 0 Å². The van der Waals surface area contributed by atoms with E-state index in [0.29, 0.717) is 12.8 Å². The van der Waals surface area contributed by atoms with Crippen LogP contribution >= 0.6 is 0 Å². The standard InChI is InChI=1S/C41H70N2O7/c1-3-5-7-9-11-13-14-15-16-17-18-19-21-23-29-33-40(47)50-36(30-26-22-20-12-10-8-6-4-2)31-27-24-25-28-32-38(45)42-34-39(46)43-37(35-44)41(48)49/h6,8,12,15-16,20,26,30,36-37,44H,3-5,7,9-11,13-14,17-19,21-25,27-29,31-35H2,1-2H3,(H,42,45)(H,43,46)(H,48,49)/b8-6-,16-15-,20-12-,30-26-. The Morgan fingerprint density at radius 1 is 0.640 bits per heavy atom. The third kappa shape index (κ3) is 32.0. The van der Waals surface area contributed by atoms with Gasteiger partial charge < -0.3 is 25.6 Å². The lowest BCUT2D eigenvalue weighted by atomic mass is 10.1. The normalized spacial score (nSPS) is 13.0. The quantitative estimate of drug-likeness (QED) is 0.0298. The lowest BCUT2D eigenvalue weighted by Crippen LogP contribution is -2.47. The number of amides is 2. The van der Waals surface area contributed by atoms with Gasteiger partial charge in [-0.15, -0.1) is 0 Å². The number of aliphatic hydroxyl groups excluding tert-OH is 1. The molecule has 0 aromatic rings. The van der Waals surface area contributed by atoms with Crippen molar-refractivity contribution in [1.82, 2.24) is 10.6 Å². The molecule has 2 unspecified atom stereocenters. The van der Waals surface area contributed by atoms with Crippen molar-refractivity contribution in [2.45, 2.75) is 174 Å². The predicted octanol–water partition coefficient (Wildman–Crippen LogP) is 8.81. The number of carboxylic acids is 1. The molecule has 4 N–H and O–H groups in total. The highest BCUT2D eigenvalue weighted by atomic mass is 16.5. The van der Waals surface area contributed by atoms with Gasteiger partial charge in [0.05, 0.1) is 13.2 Å². The molecule has 50 heavy (non-hydrogen) atoms. The number of ether oxygens (including phenoxy) is 1. The summed E-state index contributed by atoms with van der Waals surface area (Å²) < 4.78 is 5.85. The number of carbonyl (C=O) groups excluding carboxylic acids is 3. The van der Waals surface area contributed by atoms with E-state index < -0.39 is 24.5 Å². The number of rotatable bonds is 34. The van der Waals surface area contributed by atoms with Gasteiger partial charge in [0.2, 0.25) is 11.8 Å². The summed E-state index contributed by atoms with van der Waals surface area (Å²) in [6, 6.07) is -1.39. The number of allylic oxidation sites excluding steroid dienone is 7. The first-order valence-electron chi connectivity index (χ1n) is 19.5. The minimum absolute atomic E-state index is 0.146. The van der Waals surface area contributed by atoms with Gasteiger partial charge in [0.1, 0.15) is 12.1 Å². The molecule has 0 aliphatic rings. The molecule has 2 amide bonds. The Labute approximate surface area is 303 Å². The van der Waals surface area contributed by atoms with Gasteiger partial charge in [-0.2, -0.15) is 0 Å². The van der Waals surface area contributed by atoms with Crippen LogP contribution in [-0.4, -0.2) is 59.3 Å². The van der Waals surface area contributed by atoms with E-state index in [0.717, 1.165) is 70.6 Å². The maximum Gasteiger partial charge on any atom is 0.328 e. The van der Waals surface area contributed by atoms with Crippen LogP contribution in [0.25, 0.3) is 0 Å². The Hall–Kier alpha value is -3.20. The molecule has 0 spiro atoms. The van der Waals surface area contributed by atoms with E-state index in [9.17, 15) is 19.2 Å². The fraction of sp³-hybridized carbons (Fsp3) is 0.707. The fourth-order valence-electron chi connectivity index (χ4n) is 5.29. The molecular formula is C41H70N2O7. The summed E-state index contributed by atoms with van der Waals surface area (Å²) in [7, 11) is 0. The van der Waals surface area contributed by atoms with Gasteiger partial charge in [-0.25, -0.2) is 4.79 Å². The van der Waals surface area contributed by atoms with Gasteiger partial charge in [0.15, 0.2) is 0 Å². The van der Waals surface area contributed by atoms with Crippen LogP contribution in [0.15, 0.2) is 48.6 Å². The Bertz CT molecular complexity index is 989. The highest BCUT2D eigenvalue weighted by Crippen LogP contribution is 2.14. The lowest BCUT2D eigenvalue weighted by Gasteiger charge is -2.15. The summed E-state index contributed by atoms with van der Waals surface area (Å²) in [6.45, 7) is 3.30. The molecule has 0 aromatic carbocycles. The molecule has 0 bridgehead atoms. The van der Waals surface area contributed by atoms with E-state index in [1.165, 1.54) is 57.8 Å². The number of unbranched alkanes of at least 4 members (excludes halogenated alkanes) is 14. The zero-order valence-electron chi connectivity index (χ0n) is 31.4. The highest BCUT2D eigenvalue weighted by Gasteiger charge is 2.18. The molecule has 0 heterocycles. The van der Waals surface area contributed by atoms with E-state index in [1.54, 1.807) is 0 Å². The minimum Gasteiger partial charge on any atom is -0.480 e. The lowest BCUT2D eigenvalue weighted by molar-refractivity contribution is -0.147. The third-order valence-electron chi connectivity index (χ3n) is 8.29. The first kappa shape index (κ1) is 46.8. The number of aliphatic carboxylic acids is 1. The first-order valence-corrected chi connectivity index (χ1v) is 19.5. The second kappa shape index (κ2) is 35.6. The Morgan fingerprint density at radius 2 is 1.20 bits per heavy atom. The van der Waals surface area contributed by atoms with E-state index in [-0.39, 0.29) is 30.9 Å². The van der Waals surface area contributed by atoms with Gasteiger partial charge >= 0.3 is 11.9 Å². The average Bonchev–Trinajstić information content (AvgIpc) is 3.10. The summed E-state index contributed by atoms with van der Waals surface area (Å²) in [5, 5.41) is 22.5. The molecule has 0 radical (unpaired) electrons. The van der Waals surface area contributed by atoms with Crippen LogP contribution in [-0.2, 0) is 23.9 Å². The predicted molar refractivity (Wildman–Crippen MR) is 204 cm³/mol. The molecule has 0 aliphatic heterocycles. The number of hydrogen-bond donors (Lipinski definition) is 4. The SMILES string of the molecule is CC/C=C\C/C=C\C/C=C\C(CCCCCCC(=O)NCC(=O)NC(CO)C(=O)O)OC(=O)CCCCCCC/C=C\CCCCCCCC. The molecule has 0 saturated heterocycles. The Kier molecular flexibility index (Phi) is 33.3. The van der Waals surface area contributed by atoms with Crippen molar-refractivity contribution in [3.8, 4) is 0 Å².